The molecule has 2 aliphatic heterocycles. The van der Waals surface area contributed by atoms with Crippen molar-refractivity contribution < 1.29 is 14.6 Å². The van der Waals surface area contributed by atoms with Crippen molar-refractivity contribution in [3.05, 3.63) is 45.6 Å². The molecular formula is C15H13N3O4. The second-order valence-corrected chi connectivity index (χ2v) is 5.50. The van der Waals surface area contributed by atoms with Crippen molar-refractivity contribution in [2.45, 2.75) is 32.1 Å². The summed E-state index contributed by atoms with van der Waals surface area (Å²) in [6.07, 6.45) is 3.22. The molecule has 7 nitrogen and oxygen atoms in total. The maximum Gasteiger partial charge on any atom is 0.343 e. The van der Waals surface area contributed by atoms with Crippen LogP contribution in [0.5, 0.6) is 0 Å². The van der Waals surface area contributed by atoms with Crippen LogP contribution in [0.1, 0.15) is 30.0 Å². The van der Waals surface area contributed by atoms with Crippen LogP contribution in [-0.4, -0.2) is 25.6 Å². The fraction of sp³-hybridized carbons (Fsp3) is 0.333. The second kappa shape index (κ2) is 4.23. The minimum atomic E-state index is -1.78. The summed E-state index contributed by atoms with van der Waals surface area (Å²) in [6.45, 7) is 1.95. The molecule has 0 spiro atoms. The molecule has 1 atom stereocenters. The number of ether oxygens (including phenoxy) is 1. The van der Waals surface area contributed by atoms with Crippen molar-refractivity contribution in [3.8, 4) is 11.4 Å². The van der Waals surface area contributed by atoms with Crippen LogP contribution in [0.25, 0.3) is 11.4 Å². The third-order valence-electron chi connectivity index (χ3n) is 4.40. The quantitative estimate of drug-likeness (QED) is 0.650. The number of pyridine rings is 1. The molecule has 1 N–H and O–H groups in total. The molecule has 0 fully saturated rings. The zero-order chi connectivity index (χ0) is 15.5. The van der Waals surface area contributed by atoms with Gasteiger partial charge in [-0.05, 0) is 12.5 Å². The Morgan fingerprint density at radius 3 is 3.05 bits per heavy atom. The predicted octanol–water partition coefficient (Wildman–Crippen LogP) is 0.321. The third kappa shape index (κ3) is 1.48. The van der Waals surface area contributed by atoms with Crippen LogP contribution in [0.4, 0.5) is 0 Å². The van der Waals surface area contributed by atoms with Gasteiger partial charge in [-0.2, -0.15) is 0 Å². The lowest BCUT2D eigenvalue weighted by atomic mass is 9.86. The number of carbonyl (C=O) groups is 1. The van der Waals surface area contributed by atoms with Gasteiger partial charge in [-0.25, -0.2) is 14.8 Å². The molecule has 2 aliphatic rings. The van der Waals surface area contributed by atoms with E-state index >= 15 is 0 Å². The Labute approximate surface area is 125 Å². The van der Waals surface area contributed by atoms with Crippen molar-refractivity contribution in [1.82, 2.24) is 14.5 Å². The Hall–Kier alpha value is -2.54. The van der Waals surface area contributed by atoms with Gasteiger partial charge in [0.25, 0.3) is 5.56 Å². The second-order valence-electron chi connectivity index (χ2n) is 5.50. The van der Waals surface area contributed by atoms with Crippen molar-refractivity contribution in [2.24, 2.45) is 0 Å². The van der Waals surface area contributed by atoms with E-state index in [1.807, 2.05) is 0 Å². The minimum Gasteiger partial charge on any atom is -0.458 e. The summed E-state index contributed by atoms with van der Waals surface area (Å²) < 4.78 is 6.58. The van der Waals surface area contributed by atoms with E-state index in [1.165, 1.54) is 6.33 Å². The first kappa shape index (κ1) is 13.1. The van der Waals surface area contributed by atoms with Gasteiger partial charge in [0, 0.05) is 17.3 Å². The number of cyclic esters (lactones) is 1. The third-order valence-corrected chi connectivity index (χ3v) is 4.40. The number of hydrogen-bond acceptors (Lipinski definition) is 6. The highest BCUT2D eigenvalue weighted by atomic mass is 16.6. The Balaban J connectivity index is 2.04. The van der Waals surface area contributed by atoms with Crippen molar-refractivity contribution in [2.75, 3.05) is 0 Å². The predicted molar refractivity (Wildman–Crippen MR) is 74.8 cm³/mol. The first-order chi connectivity index (χ1) is 10.6. The summed E-state index contributed by atoms with van der Waals surface area (Å²) in [7, 11) is 0. The SMILES string of the molecule is CCC1(O)C(=O)OCc2c1cc1n(c2=O)Cc2cncnc2-1. The Kier molecular flexibility index (Phi) is 2.53. The molecule has 1 unspecified atom stereocenters. The van der Waals surface area contributed by atoms with Crippen LogP contribution >= 0.6 is 0 Å². The first-order valence-corrected chi connectivity index (χ1v) is 7.02. The van der Waals surface area contributed by atoms with Gasteiger partial charge < -0.3 is 14.4 Å². The number of esters is 1. The van der Waals surface area contributed by atoms with Crippen LogP contribution in [0, 0.1) is 0 Å². The molecule has 0 saturated heterocycles. The molecule has 2 aromatic rings. The van der Waals surface area contributed by atoms with Gasteiger partial charge in [0.15, 0.2) is 5.60 Å². The maximum atomic E-state index is 12.7. The molecule has 2 aromatic heterocycles. The zero-order valence-electron chi connectivity index (χ0n) is 11.9. The lowest BCUT2D eigenvalue weighted by Crippen LogP contribution is -2.44. The van der Waals surface area contributed by atoms with Crippen molar-refractivity contribution in [1.29, 1.82) is 0 Å². The molecular weight excluding hydrogens is 286 g/mol. The average Bonchev–Trinajstić information content (AvgIpc) is 2.91. The van der Waals surface area contributed by atoms with E-state index in [9.17, 15) is 14.7 Å². The molecule has 112 valence electrons. The Morgan fingerprint density at radius 2 is 2.27 bits per heavy atom. The molecule has 0 aromatic carbocycles. The summed E-state index contributed by atoms with van der Waals surface area (Å²) in [6, 6.07) is 1.68. The highest BCUT2D eigenvalue weighted by molar-refractivity contribution is 5.83. The summed E-state index contributed by atoms with van der Waals surface area (Å²) in [5, 5.41) is 10.6. The largest absolute Gasteiger partial charge is 0.458 e. The van der Waals surface area contributed by atoms with Gasteiger partial charge in [-0.1, -0.05) is 6.92 Å². The monoisotopic (exact) mass is 299 g/mol. The Morgan fingerprint density at radius 1 is 1.45 bits per heavy atom. The Bertz CT molecular complexity index is 874. The minimum absolute atomic E-state index is 0.113. The molecule has 0 bridgehead atoms. The van der Waals surface area contributed by atoms with Crippen LogP contribution < -0.4 is 5.56 Å². The highest BCUT2D eigenvalue weighted by Crippen LogP contribution is 2.37. The summed E-state index contributed by atoms with van der Waals surface area (Å²) in [5.74, 6) is -0.715. The van der Waals surface area contributed by atoms with Gasteiger partial charge in [-0.3, -0.25) is 4.79 Å². The standard InChI is InChI=1S/C15H13N3O4/c1-2-15(21)10-3-11-12-8(4-16-7-17-12)5-18(11)13(19)9(10)6-22-14(15)20/h3-4,7,21H,2,5-6H2,1H3. The molecule has 4 rings (SSSR count). The molecule has 4 heterocycles. The first-order valence-electron chi connectivity index (χ1n) is 7.02. The zero-order valence-corrected chi connectivity index (χ0v) is 11.9. The summed E-state index contributed by atoms with van der Waals surface area (Å²) in [4.78, 5) is 32.8. The van der Waals surface area contributed by atoms with Crippen molar-refractivity contribution in [3.63, 3.8) is 0 Å². The van der Waals surface area contributed by atoms with Gasteiger partial charge in [0.05, 0.1) is 23.5 Å². The van der Waals surface area contributed by atoms with Gasteiger partial charge in [-0.15, -0.1) is 0 Å². The van der Waals surface area contributed by atoms with E-state index < -0.39 is 11.6 Å². The van der Waals surface area contributed by atoms with Crippen LogP contribution in [-0.2, 0) is 28.3 Å². The lowest BCUT2D eigenvalue weighted by molar-refractivity contribution is -0.172. The molecule has 0 radical (unpaired) electrons. The number of nitrogens with zero attached hydrogens (tertiary/aromatic N) is 3. The molecule has 22 heavy (non-hydrogen) atoms. The maximum absolute atomic E-state index is 12.7. The fourth-order valence-electron chi connectivity index (χ4n) is 3.13. The van der Waals surface area contributed by atoms with E-state index in [2.05, 4.69) is 9.97 Å². The van der Waals surface area contributed by atoms with E-state index in [0.29, 0.717) is 29.1 Å². The number of hydrogen-bond donors (Lipinski definition) is 1. The molecule has 0 saturated carbocycles. The van der Waals surface area contributed by atoms with E-state index in [0.717, 1.165) is 5.56 Å². The van der Waals surface area contributed by atoms with Gasteiger partial charge in [0.1, 0.15) is 12.9 Å². The number of aliphatic hydroxyl groups is 1. The van der Waals surface area contributed by atoms with E-state index in [1.54, 1.807) is 23.8 Å². The van der Waals surface area contributed by atoms with Gasteiger partial charge in [0.2, 0.25) is 0 Å². The summed E-state index contributed by atoms with van der Waals surface area (Å²) in [5.41, 5.74) is 0.717. The fourth-order valence-corrected chi connectivity index (χ4v) is 3.13. The number of aromatic nitrogens is 3. The highest BCUT2D eigenvalue weighted by Gasteiger charge is 2.45. The average molecular weight is 299 g/mol. The number of rotatable bonds is 1. The smallest absolute Gasteiger partial charge is 0.343 e. The van der Waals surface area contributed by atoms with Crippen LogP contribution in [0.15, 0.2) is 23.4 Å². The summed E-state index contributed by atoms with van der Waals surface area (Å²) >= 11 is 0. The van der Waals surface area contributed by atoms with E-state index in [-0.39, 0.29) is 18.6 Å². The van der Waals surface area contributed by atoms with Crippen molar-refractivity contribution >= 4 is 5.97 Å². The number of fused-ring (bicyclic) bond motifs is 4. The molecule has 0 amide bonds. The number of carbonyl (C=O) groups excluding carboxylic acids is 1. The van der Waals surface area contributed by atoms with E-state index in [4.69, 9.17) is 4.74 Å². The van der Waals surface area contributed by atoms with Gasteiger partial charge >= 0.3 is 5.97 Å². The normalized spacial score (nSPS) is 21.8. The molecule has 0 aliphatic carbocycles. The molecule has 7 heteroatoms. The van der Waals surface area contributed by atoms with Crippen LogP contribution in [0.2, 0.25) is 0 Å². The van der Waals surface area contributed by atoms with Crippen LogP contribution in [0.3, 0.4) is 0 Å². The lowest BCUT2D eigenvalue weighted by Gasteiger charge is -2.31. The topological polar surface area (TPSA) is 94.3 Å².